The van der Waals surface area contributed by atoms with E-state index in [0.717, 1.165) is 24.0 Å². The van der Waals surface area contributed by atoms with Gasteiger partial charge in [-0.15, -0.1) is 0 Å². The number of carbonyl (C=O) groups excluding carboxylic acids is 1. The minimum absolute atomic E-state index is 0.138. The van der Waals surface area contributed by atoms with Gasteiger partial charge in [-0.05, 0) is 42.2 Å². The summed E-state index contributed by atoms with van der Waals surface area (Å²) in [6.45, 7) is 0. The number of amides is 2. The fourth-order valence-corrected chi connectivity index (χ4v) is 3.32. The number of nitrogens with zero attached hydrogens (tertiary/aromatic N) is 1. The highest BCUT2D eigenvalue weighted by molar-refractivity contribution is 5.91. The van der Waals surface area contributed by atoms with Crippen molar-refractivity contribution in [3.05, 3.63) is 58.1 Å². The van der Waals surface area contributed by atoms with E-state index in [4.69, 9.17) is 4.42 Å². The SMILES string of the molecule is Cn1c(=O)oc2cc(NC(=O)N[C@H]3CCc4c(O)cccc43)ccc21. The predicted molar refractivity (Wildman–Crippen MR) is 92.8 cm³/mol. The monoisotopic (exact) mass is 339 g/mol. The molecule has 128 valence electrons. The van der Waals surface area contributed by atoms with Crippen LogP contribution < -0.4 is 16.4 Å². The first kappa shape index (κ1) is 15.3. The molecule has 7 heteroatoms. The fourth-order valence-electron chi connectivity index (χ4n) is 3.32. The van der Waals surface area contributed by atoms with E-state index in [2.05, 4.69) is 10.6 Å². The summed E-state index contributed by atoms with van der Waals surface area (Å²) < 4.78 is 6.53. The Morgan fingerprint density at radius 1 is 1.32 bits per heavy atom. The van der Waals surface area contributed by atoms with Crippen LogP contribution in [0.5, 0.6) is 5.75 Å². The van der Waals surface area contributed by atoms with Crippen LogP contribution in [-0.4, -0.2) is 15.7 Å². The van der Waals surface area contributed by atoms with Gasteiger partial charge in [0.1, 0.15) is 5.75 Å². The molecule has 3 aromatic rings. The molecule has 0 saturated carbocycles. The van der Waals surface area contributed by atoms with Crippen molar-refractivity contribution < 1.29 is 14.3 Å². The number of hydrogen-bond acceptors (Lipinski definition) is 4. The predicted octanol–water partition coefficient (Wildman–Crippen LogP) is 2.65. The first-order valence-electron chi connectivity index (χ1n) is 8.01. The molecule has 0 fully saturated rings. The number of hydrogen-bond donors (Lipinski definition) is 3. The molecule has 1 aliphatic carbocycles. The second-order valence-electron chi connectivity index (χ2n) is 6.14. The molecule has 1 atom stereocenters. The van der Waals surface area contributed by atoms with E-state index in [0.29, 0.717) is 16.8 Å². The van der Waals surface area contributed by atoms with Crippen LogP contribution in [0.25, 0.3) is 11.1 Å². The van der Waals surface area contributed by atoms with E-state index < -0.39 is 5.76 Å². The summed E-state index contributed by atoms with van der Waals surface area (Å²) in [7, 11) is 1.63. The molecule has 0 aliphatic heterocycles. The maximum absolute atomic E-state index is 12.3. The lowest BCUT2D eigenvalue weighted by molar-refractivity contribution is 0.248. The number of aryl methyl sites for hydroxylation is 1. The third-order valence-electron chi connectivity index (χ3n) is 4.60. The Balaban J connectivity index is 1.50. The van der Waals surface area contributed by atoms with Crippen molar-refractivity contribution in [3.63, 3.8) is 0 Å². The number of nitrogens with one attached hydrogen (secondary N) is 2. The Hall–Kier alpha value is -3.22. The lowest BCUT2D eigenvalue weighted by atomic mass is 10.1. The minimum Gasteiger partial charge on any atom is -0.508 e. The first-order chi connectivity index (χ1) is 12.0. The van der Waals surface area contributed by atoms with Crippen molar-refractivity contribution in [2.45, 2.75) is 18.9 Å². The zero-order chi connectivity index (χ0) is 17.6. The molecular formula is C18H17N3O4. The number of anilines is 1. The molecule has 1 aromatic heterocycles. The molecule has 2 amide bonds. The van der Waals surface area contributed by atoms with Crippen molar-refractivity contribution in [1.29, 1.82) is 0 Å². The maximum atomic E-state index is 12.3. The van der Waals surface area contributed by atoms with Crippen LogP contribution in [0.15, 0.2) is 45.6 Å². The van der Waals surface area contributed by atoms with E-state index in [9.17, 15) is 14.7 Å². The van der Waals surface area contributed by atoms with Crippen LogP contribution in [0.1, 0.15) is 23.6 Å². The van der Waals surface area contributed by atoms with Gasteiger partial charge in [-0.3, -0.25) is 4.57 Å². The lowest BCUT2D eigenvalue weighted by Gasteiger charge is -2.15. The van der Waals surface area contributed by atoms with E-state index in [1.807, 2.05) is 6.07 Å². The van der Waals surface area contributed by atoms with Gasteiger partial charge in [0, 0.05) is 18.8 Å². The second-order valence-corrected chi connectivity index (χ2v) is 6.14. The maximum Gasteiger partial charge on any atom is 0.419 e. The van der Waals surface area contributed by atoms with E-state index >= 15 is 0 Å². The Kier molecular flexibility index (Phi) is 3.49. The van der Waals surface area contributed by atoms with E-state index in [1.165, 1.54) is 4.57 Å². The van der Waals surface area contributed by atoms with Crippen LogP contribution in [0.3, 0.4) is 0 Å². The minimum atomic E-state index is -0.445. The molecule has 2 aromatic carbocycles. The van der Waals surface area contributed by atoms with E-state index in [-0.39, 0.29) is 17.8 Å². The number of urea groups is 1. The van der Waals surface area contributed by atoms with Crippen LogP contribution in [0.4, 0.5) is 10.5 Å². The Morgan fingerprint density at radius 2 is 2.16 bits per heavy atom. The molecule has 1 aliphatic rings. The van der Waals surface area contributed by atoms with Gasteiger partial charge in [-0.25, -0.2) is 9.59 Å². The van der Waals surface area contributed by atoms with Gasteiger partial charge in [0.25, 0.3) is 0 Å². The quantitative estimate of drug-likeness (QED) is 0.669. The van der Waals surface area contributed by atoms with Crippen LogP contribution in [-0.2, 0) is 13.5 Å². The molecule has 0 unspecified atom stereocenters. The molecule has 7 nitrogen and oxygen atoms in total. The number of phenolic OH excluding ortho intramolecular Hbond substituents is 1. The first-order valence-corrected chi connectivity index (χ1v) is 8.01. The third-order valence-corrected chi connectivity index (χ3v) is 4.60. The van der Waals surface area contributed by atoms with Crippen molar-refractivity contribution in [2.24, 2.45) is 7.05 Å². The summed E-state index contributed by atoms with van der Waals surface area (Å²) in [5, 5.41) is 15.5. The van der Waals surface area contributed by atoms with Crippen molar-refractivity contribution in [1.82, 2.24) is 9.88 Å². The summed E-state index contributed by atoms with van der Waals surface area (Å²) in [5.41, 5.74) is 3.45. The molecule has 4 rings (SSSR count). The van der Waals surface area contributed by atoms with Gasteiger partial charge >= 0.3 is 11.8 Å². The zero-order valence-corrected chi connectivity index (χ0v) is 13.6. The van der Waals surface area contributed by atoms with Crippen LogP contribution in [0.2, 0.25) is 0 Å². The van der Waals surface area contributed by atoms with E-state index in [1.54, 1.807) is 37.4 Å². The zero-order valence-electron chi connectivity index (χ0n) is 13.6. The van der Waals surface area contributed by atoms with Gasteiger partial charge in [0.15, 0.2) is 5.58 Å². The number of aromatic hydroxyl groups is 1. The summed E-state index contributed by atoms with van der Waals surface area (Å²) in [6.07, 6.45) is 1.47. The number of fused-ring (bicyclic) bond motifs is 2. The Bertz CT molecular complexity index is 1030. The highest BCUT2D eigenvalue weighted by Crippen LogP contribution is 2.36. The highest BCUT2D eigenvalue weighted by Gasteiger charge is 2.25. The van der Waals surface area contributed by atoms with Gasteiger partial charge in [-0.1, -0.05) is 12.1 Å². The molecule has 3 N–H and O–H groups in total. The van der Waals surface area contributed by atoms with Gasteiger partial charge < -0.3 is 20.2 Å². The van der Waals surface area contributed by atoms with Crippen molar-refractivity contribution in [3.8, 4) is 5.75 Å². The number of carbonyl (C=O) groups is 1. The summed E-state index contributed by atoms with van der Waals surface area (Å²) in [5.74, 6) is -0.175. The standard InChI is InChI=1S/C18H17N3O4/c1-21-14-8-5-10(9-16(14)25-18(21)24)19-17(23)20-13-7-6-12-11(13)3-2-4-15(12)22/h2-5,8-9,13,22H,6-7H2,1H3,(H2,19,20,23)/t13-/m0/s1. The molecular weight excluding hydrogens is 322 g/mol. The van der Waals surface area contributed by atoms with Gasteiger partial charge in [0.2, 0.25) is 0 Å². The number of oxazole rings is 1. The third kappa shape index (κ3) is 2.63. The van der Waals surface area contributed by atoms with Crippen LogP contribution >= 0.6 is 0 Å². The average molecular weight is 339 g/mol. The smallest absolute Gasteiger partial charge is 0.419 e. The summed E-state index contributed by atoms with van der Waals surface area (Å²) in [6, 6.07) is 9.91. The van der Waals surface area contributed by atoms with Crippen molar-refractivity contribution in [2.75, 3.05) is 5.32 Å². The molecule has 0 spiro atoms. The largest absolute Gasteiger partial charge is 0.508 e. The molecule has 1 heterocycles. The molecule has 0 bridgehead atoms. The second kappa shape index (κ2) is 5.70. The average Bonchev–Trinajstić information content (AvgIpc) is 3.10. The fraction of sp³-hybridized carbons (Fsp3) is 0.222. The topological polar surface area (TPSA) is 96.5 Å². The molecule has 0 radical (unpaired) electrons. The summed E-state index contributed by atoms with van der Waals surface area (Å²) >= 11 is 0. The summed E-state index contributed by atoms with van der Waals surface area (Å²) in [4.78, 5) is 23.8. The van der Waals surface area contributed by atoms with Gasteiger partial charge in [-0.2, -0.15) is 0 Å². The molecule has 0 saturated heterocycles. The Morgan fingerprint density at radius 3 is 3.00 bits per heavy atom. The van der Waals surface area contributed by atoms with Crippen LogP contribution in [0, 0.1) is 0 Å². The normalized spacial score (nSPS) is 16.0. The number of benzene rings is 2. The van der Waals surface area contributed by atoms with Gasteiger partial charge in [0.05, 0.1) is 11.6 Å². The Labute approximate surface area is 142 Å². The highest BCUT2D eigenvalue weighted by atomic mass is 16.4. The van der Waals surface area contributed by atoms with Crippen molar-refractivity contribution >= 4 is 22.8 Å². The number of phenols is 1. The number of aromatic nitrogens is 1. The number of rotatable bonds is 2. The lowest BCUT2D eigenvalue weighted by Crippen LogP contribution is -2.31. The molecule has 25 heavy (non-hydrogen) atoms.